The molecule has 6 heteroatoms. The summed E-state index contributed by atoms with van der Waals surface area (Å²) in [5.74, 6) is -0.172. The van der Waals surface area contributed by atoms with E-state index in [1.54, 1.807) is 7.11 Å². The van der Waals surface area contributed by atoms with Gasteiger partial charge in [0.2, 0.25) is 5.91 Å². The standard InChI is InChI=1S/C18H25NO5/c1-23-15-6-3-2-5-14(15)18(9-11-24-12-10-18)13-19-16(20)7-4-8-17(21)22/h2-3,5-6H,4,7-13H2,1H3,(H,19,20)(H,21,22). The van der Waals surface area contributed by atoms with E-state index in [1.807, 2.05) is 24.3 Å². The van der Waals surface area contributed by atoms with Crippen molar-refractivity contribution in [3.05, 3.63) is 29.8 Å². The summed E-state index contributed by atoms with van der Waals surface area (Å²) < 4.78 is 11.0. The van der Waals surface area contributed by atoms with Crippen molar-refractivity contribution >= 4 is 11.9 Å². The highest BCUT2D eigenvalue weighted by Gasteiger charge is 2.36. The molecule has 0 unspecified atom stereocenters. The first kappa shape index (κ1) is 18.3. The second kappa shape index (κ2) is 8.68. The van der Waals surface area contributed by atoms with E-state index in [0.717, 1.165) is 24.2 Å². The number of carbonyl (C=O) groups excluding carboxylic acids is 1. The van der Waals surface area contributed by atoms with Crippen molar-refractivity contribution < 1.29 is 24.2 Å². The molecule has 0 aliphatic carbocycles. The Balaban J connectivity index is 2.05. The fraction of sp³-hybridized carbons (Fsp3) is 0.556. The first-order valence-electron chi connectivity index (χ1n) is 8.27. The van der Waals surface area contributed by atoms with Gasteiger partial charge in [0.1, 0.15) is 5.75 Å². The summed E-state index contributed by atoms with van der Waals surface area (Å²) in [6, 6.07) is 7.88. The average Bonchev–Trinajstić information content (AvgIpc) is 2.60. The van der Waals surface area contributed by atoms with Gasteiger partial charge in [-0.1, -0.05) is 18.2 Å². The molecule has 1 fully saturated rings. The lowest BCUT2D eigenvalue weighted by Crippen LogP contribution is -2.44. The molecule has 2 rings (SSSR count). The molecule has 0 aromatic heterocycles. The third kappa shape index (κ3) is 4.71. The average molecular weight is 335 g/mol. The number of amides is 1. The molecule has 6 nitrogen and oxygen atoms in total. The monoisotopic (exact) mass is 335 g/mol. The van der Waals surface area contributed by atoms with E-state index in [9.17, 15) is 9.59 Å². The summed E-state index contributed by atoms with van der Waals surface area (Å²) in [4.78, 5) is 22.6. The molecule has 0 spiro atoms. The van der Waals surface area contributed by atoms with Gasteiger partial charge in [-0.25, -0.2) is 0 Å². The second-order valence-electron chi connectivity index (χ2n) is 6.12. The first-order valence-corrected chi connectivity index (χ1v) is 8.27. The van der Waals surface area contributed by atoms with Gasteiger partial charge in [0, 0.05) is 43.6 Å². The van der Waals surface area contributed by atoms with E-state index in [-0.39, 0.29) is 24.2 Å². The van der Waals surface area contributed by atoms with Crippen LogP contribution < -0.4 is 10.1 Å². The van der Waals surface area contributed by atoms with E-state index < -0.39 is 5.97 Å². The quantitative estimate of drug-likeness (QED) is 0.760. The van der Waals surface area contributed by atoms with Crippen LogP contribution in [0.4, 0.5) is 0 Å². The van der Waals surface area contributed by atoms with Gasteiger partial charge in [0.05, 0.1) is 7.11 Å². The Hall–Kier alpha value is -2.08. The zero-order valence-electron chi connectivity index (χ0n) is 14.0. The smallest absolute Gasteiger partial charge is 0.303 e. The maximum Gasteiger partial charge on any atom is 0.303 e. The molecule has 1 saturated heterocycles. The normalized spacial score (nSPS) is 16.4. The van der Waals surface area contributed by atoms with Crippen molar-refractivity contribution in [3.8, 4) is 5.75 Å². The van der Waals surface area contributed by atoms with E-state index in [2.05, 4.69) is 5.32 Å². The molecule has 1 aliphatic rings. The number of carboxylic acid groups (broad SMARTS) is 1. The van der Waals surface area contributed by atoms with Crippen LogP contribution in [0.3, 0.4) is 0 Å². The lowest BCUT2D eigenvalue weighted by molar-refractivity contribution is -0.137. The van der Waals surface area contributed by atoms with E-state index in [1.165, 1.54) is 0 Å². The number of carboxylic acids is 1. The molecule has 0 bridgehead atoms. The molecule has 24 heavy (non-hydrogen) atoms. The van der Waals surface area contributed by atoms with Gasteiger partial charge in [0.25, 0.3) is 0 Å². The minimum atomic E-state index is -0.877. The van der Waals surface area contributed by atoms with Crippen LogP contribution in [0.15, 0.2) is 24.3 Å². The van der Waals surface area contributed by atoms with Crippen LogP contribution in [0.5, 0.6) is 5.75 Å². The van der Waals surface area contributed by atoms with Gasteiger partial charge in [0.15, 0.2) is 0 Å². The number of ether oxygens (including phenoxy) is 2. The number of methoxy groups -OCH3 is 1. The summed E-state index contributed by atoms with van der Waals surface area (Å²) in [5, 5.41) is 11.6. The van der Waals surface area contributed by atoms with Crippen LogP contribution in [-0.2, 0) is 19.7 Å². The van der Waals surface area contributed by atoms with Crippen molar-refractivity contribution in [2.75, 3.05) is 26.9 Å². The van der Waals surface area contributed by atoms with Crippen molar-refractivity contribution in [2.24, 2.45) is 0 Å². The molecule has 1 amide bonds. The Morgan fingerprint density at radius 3 is 2.62 bits per heavy atom. The number of rotatable bonds is 8. The Kier molecular flexibility index (Phi) is 6.61. The third-order valence-corrected chi connectivity index (χ3v) is 4.55. The molecule has 2 N–H and O–H groups in total. The van der Waals surface area contributed by atoms with E-state index in [4.69, 9.17) is 14.6 Å². The zero-order chi connectivity index (χ0) is 17.4. The number of benzene rings is 1. The minimum Gasteiger partial charge on any atom is -0.496 e. The van der Waals surface area contributed by atoms with Crippen molar-refractivity contribution in [1.82, 2.24) is 5.32 Å². The Bertz CT molecular complexity index is 566. The molecular weight excluding hydrogens is 310 g/mol. The van der Waals surface area contributed by atoms with Crippen molar-refractivity contribution in [3.63, 3.8) is 0 Å². The van der Waals surface area contributed by atoms with Gasteiger partial charge in [-0.2, -0.15) is 0 Å². The number of hydrogen-bond donors (Lipinski definition) is 2. The molecule has 0 atom stereocenters. The van der Waals surface area contributed by atoms with Crippen molar-refractivity contribution in [2.45, 2.75) is 37.5 Å². The van der Waals surface area contributed by atoms with E-state index >= 15 is 0 Å². The topological polar surface area (TPSA) is 84.9 Å². The lowest BCUT2D eigenvalue weighted by Gasteiger charge is -2.38. The van der Waals surface area contributed by atoms with Crippen LogP contribution >= 0.6 is 0 Å². The molecule has 0 saturated carbocycles. The van der Waals surface area contributed by atoms with Crippen LogP contribution in [0.2, 0.25) is 0 Å². The molecule has 1 aromatic carbocycles. The number of para-hydroxylation sites is 1. The van der Waals surface area contributed by atoms with Crippen LogP contribution in [0.25, 0.3) is 0 Å². The first-order chi connectivity index (χ1) is 11.6. The maximum atomic E-state index is 12.0. The summed E-state index contributed by atoms with van der Waals surface area (Å²) in [6.45, 7) is 1.79. The minimum absolute atomic E-state index is 0.0128. The molecule has 1 aromatic rings. The number of aliphatic carboxylic acids is 1. The highest BCUT2D eigenvalue weighted by Crippen LogP contribution is 2.39. The number of hydrogen-bond acceptors (Lipinski definition) is 4. The van der Waals surface area contributed by atoms with Crippen molar-refractivity contribution in [1.29, 1.82) is 0 Å². The van der Waals surface area contributed by atoms with Gasteiger partial charge < -0.3 is 19.9 Å². The Morgan fingerprint density at radius 2 is 1.96 bits per heavy atom. The predicted octanol–water partition coefficient (Wildman–Crippen LogP) is 2.11. The highest BCUT2D eigenvalue weighted by atomic mass is 16.5. The molecular formula is C18H25NO5. The van der Waals surface area contributed by atoms with Crippen LogP contribution in [-0.4, -0.2) is 43.9 Å². The fourth-order valence-corrected chi connectivity index (χ4v) is 3.14. The van der Waals surface area contributed by atoms with Gasteiger partial charge >= 0.3 is 5.97 Å². The number of carbonyl (C=O) groups is 2. The Labute approximate surface area is 142 Å². The van der Waals surface area contributed by atoms with Crippen LogP contribution in [0.1, 0.15) is 37.7 Å². The Morgan fingerprint density at radius 1 is 1.25 bits per heavy atom. The predicted molar refractivity (Wildman–Crippen MR) is 89.2 cm³/mol. The summed E-state index contributed by atoms with van der Waals surface area (Å²) >= 11 is 0. The second-order valence-corrected chi connectivity index (χ2v) is 6.12. The summed E-state index contributed by atoms with van der Waals surface area (Å²) in [7, 11) is 1.65. The molecule has 1 aliphatic heterocycles. The van der Waals surface area contributed by atoms with Gasteiger partial charge in [-0.3, -0.25) is 9.59 Å². The zero-order valence-corrected chi connectivity index (χ0v) is 14.0. The maximum absolute atomic E-state index is 12.0. The molecule has 132 valence electrons. The molecule has 0 radical (unpaired) electrons. The SMILES string of the molecule is COc1ccccc1C1(CNC(=O)CCCC(=O)O)CCOCC1. The molecule has 1 heterocycles. The van der Waals surface area contributed by atoms with E-state index in [0.29, 0.717) is 26.2 Å². The van der Waals surface area contributed by atoms with Gasteiger partial charge in [-0.05, 0) is 25.3 Å². The fourth-order valence-electron chi connectivity index (χ4n) is 3.14. The summed E-state index contributed by atoms with van der Waals surface area (Å²) in [6.07, 6.45) is 2.21. The van der Waals surface area contributed by atoms with Gasteiger partial charge in [-0.15, -0.1) is 0 Å². The highest BCUT2D eigenvalue weighted by molar-refractivity contribution is 5.76. The number of nitrogens with one attached hydrogen (secondary N) is 1. The summed E-state index contributed by atoms with van der Waals surface area (Å²) in [5.41, 5.74) is 0.870. The third-order valence-electron chi connectivity index (χ3n) is 4.55. The van der Waals surface area contributed by atoms with Crippen LogP contribution in [0, 0.1) is 0 Å². The largest absolute Gasteiger partial charge is 0.496 e. The lowest BCUT2D eigenvalue weighted by atomic mass is 9.73.